The highest BCUT2D eigenvalue weighted by Gasteiger charge is 2.30. The standard InChI is InChI=1S/C18H19ClN2O3S/c1-11-9-14-10-15(7-8-18(14)21(11)13(3)22)25(23,24)20-17-6-4-5-16(19)12(17)2/h4-8,10-11,20H,9H2,1-3H3/t11-/m0/s1. The second-order valence-corrected chi connectivity index (χ2v) is 8.34. The number of benzene rings is 2. The van der Waals surface area contributed by atoms with Crippen LogP contribution in [0.25, 0.3) is 0 Å². The molecule has 132 valence electrons. The van der Waals surface area contributed by atoms with Crippen molar-refractivity contribution < 1.29 is 13.2 Å². The summed E-state index contributed by atoms with van der Waals surface area (Å²) in [6.07, 6.45) is 0.633. The van der Waals surface area contributed by atoms with Crippen LogP contribution in [0.5, 0.6) is 0 Å². The Morgan fingerprint density at radius 3 is 2.68 bits per heavy atom. The van der Waals surface area contributed by atoms with Crippen molar-refractivity contribution in [1.29, 1.82) is 0 Å². The first-order chi connectivity index (χ1) is 11.7. The molecular weight excluding hydrogens is 360 g/mol. The molecule has 1 aliphatic heterocycles. The lowest BCUT2D eigenvalue weighted by Crippen LogP contribution is -2.33. The smallest absolute Gasteiger partial charge is 0.261 e. The molecule has 1 N–H and O–H groups in total. The van der Waals surface area contributed by atoms with Gasteiger partial charge in [0.25, 0.3) is 10.0 Å². The lowest BCUT2D eigenvalue weighted by Gasteiger charge is -2.20. The number of hydrogen-bond acceptors (Lipinski definition) is 3. The van der Waals surface area contributed by atoms with Crippen LogP contribution >= 0.6 is 11.6 Å². The summed E-state index contributed by atoms with van der Waals surface area (Å²) in [4.78, 5) is 13.7. The summed E-state index contributed by atoms with van der Waals surface area (Å²) in [7, 11) is -3.74. The molecule has 0 radical (unpaired) electrons. The van der Waals surface area contributed by atoms with Gasteiger partial charge in [-0.3, -0.25) is 9.52 Å². The molecule has 2 aromatic carbocycles. The topological polar surface area (TPSA) is 66.5 Å². The van der Waals surface area contributed by atoms with E-state index in [4.69, 9.17) is 11.6 Å². The highest BCUT2D eigenvalue weighted by molar-refractivity contribution is 7.92. The first-order valence-corrected chi connectivity index (χ1v) is 9.77. The van der Waals surface area contributed by atoms with Crippen molar-refractivity contribution in [1.82, 2.24) is 0 Å². The van der Waals surface area contributed by atoms with Gasteiger partial charge in [-0.15, -0.1) is 0 Å². The van der Waals surface area contributed by atoms with E-state index in [1.165, 1.54) is 13.0 Å². The summed E-state index contributed by atoms with van der Waals surface area (Å²) < 4.78 is 28.0. The molecule has 2 aromatic rings. The first kappa shape index (κ1) is 17.8. The van der Waals surface area contributed by atoms with E-state index in [2.05, 4.69) is 4.72 Å². The molecule has 7 heteroatoms. The third kappa shape index (κ3) is 3.24. The molecule has 1 amide bonds. The number of sulfonamides is 1. The minimum Gasteiger partial charge on any atom is -0.309 e. The van der Waals surface area contributed by atoms with Gasteiger partial charge in [-0.05, 0) is 61.7 Å². The average molecular weight is 379 g/mol. The van der Waals surface area contributed by atoms with Crippen LogP contribution in [0, 0.1) is 6.92 Å². The van der Waals surface area contributed by atoms with Crippen molar-refractivity contribution >= 4 is 38.9 Å². The van der Waals surface area contributed by atoms with Crippen LogP contribution in [-0.4, -0.2) is 20.4 Å². The van der Waals surface area contributed by atoms with Crippen molar-refractivity contribution in [2.45, 2.75) is 38.1 Å². The van der Waals surface area contributed by atoms with Crippen LogP contribution in [0.4, 0.5) is 11.4 Å². The maximum atomic E-state index is 12.7. The van der Waals surface area contributed by atoms with Crippen LogP contribution in [0.1, 0.15) is 25.0 Å². The van der Waals surface area contributed by atoms with E-state index in [9.17, 15) is 13.2 Å². The number of carbonyl (C=O) groups is 1. The molecule has 25 heavy (non-hydrogen) atoms. The maximum Gasteiger partial charge on any atom is 0.261 e. The van der Waals surface area contributed by atoms with Gasteiger partial charge >= 0.3 is 0 Å². The van der Waals surface area contributed by atoms with E-state index in [1.54, 1.807) is 42.2 Å². The Kier molecular flexibility index (Phi) is 4.51. The zero-order chi connectivity index (χ0) is 18.4. The molecule has 5 nitrogen and oxygen atoms in total. The first-order valence-electron chi connectivity index (χ1n) is 7.91. The number of amides is 1. The predicted octanol–water partition coefficient (Wildman–Crippen LogP) is 3.75. The van der Waals surface area contributed by atoms with E-state index < -0.39 is 10.0 Å². The van der Waals surface area contributed by atoms with E-state index >= 15 is 0 Å². The van der Waals surface area contributed by atoms with Crippen molar-refractivity contribution in [2.24, 2.45) is 0 Å². The van der Waals surface area contributed by atoms with Crippen molar-refractivity contribution in [3.05, 3.63) is 52.5 Å². The van der Waals surface area contributed by atoms with Crippen LogP contribution in [0.15, 0.2) is 41.3 Å². The molecule has 0 saturated carbocycles. The number of hydrogen-bond donors (Lipinski definition) is 1. The number of nitrogens with zero attached hydrogens (tertiary/aromatic N) is 1. The zero-order valence-corrected chi connectivity index (χ0v) is 15.8. The van der Waals surface area contributed by atoms with Crippen LogP contribution < -0.4 is 9.62 Å². The molecule has 1 heterocycles. The zero-order valence-electron chi connectivity index (χ0n) is 14.2. The molecule has 3 rings (SSSR count). The molecule has 0 aliphatic carbocycles. The molecule has 0 unspecified atom stereocenters. The molecule has 0 bridgehead atoms. The number of rotatable bonds is 3. The minimum absolute atomic E-state index is 0.0218. The summed E-state index contributed by atoms with van der Waals surface area (Å²) in [5.41, 5.74) is 2.75. The normalized spacial score (nSPS) is 16.6. The lowest BCUT2D eigenvalue weighted by atomic mass is 10.1. The fourth-order valence-electron chi connectivity index (χ4n) is 3.18. The van der Waals surface area contributed by atoms with Gasteiger partial charge in [-0.2, -0.15) is 0 Å². The Morgan fingerprint density at radius 1 is 1.28 bits per heavy atom. The van der Waals surface area contributed by atoms with Gasteiger partial charge in [0, 0.05) is 23.7 Å². The maximum absolute atomic E-state index is 12.7. The van der Waals surface area contributed by atoms with Gasteiger partial charge in [-0.25, -0.2) is 8.42 Å². The van der Waals surface area contributed by atoms with Crippen molar-refractivity contribution in [3.8, 4) is 0 Å². The Hall–Kier alpha value is -2.05. The van der Waals surface area contributed by atoms with Crippen LogP contribution in [-0.2, 0) is 21.2 Å². The molecular formula is C18H19ClN2O3S. The summed E-state index contributed by atoms with van der Waals surface area (Å²) >= 11 is 6.05. The van der Waals surface area contributed by atoms with E-state index in [-0.39, 0.29) is 16.8 Å². The number of halogens is 1. The second-order valence-electron chi connectivity index (χ2n) is 6.25. The largest absolute Gasteiger partial charge is 0.309 e. The fraction of sp³-hybridized carbons (Fsp3) is 0.278. The predicted molar refractivity (Wildman–Crippen MR) is 99.8 cm³/mol. The van der Waals surface area contributed by atoms with Gasteiger partial charge in [0.1, 0.15) is 0 Å². The quantitative estimate of drug-likeness (QED) is 0.884. The Balaban J connectivity index is 1.96. The van der Waals surface area contributed by atoms with Gasteiger partial charge in [-0.1, -0.05) is 17.7 Å². The van der Waals surface area contributed by atoms with Gasteiger partial charge in [0.2, 0.25) is 5.91 Å². The summed E-state index contributed by atoms with van der Waals surface area (Å²) in [5.74, 6) is -0.0467. The van der Waals surface area contributed by atoms with Gasteiger partial charge in [0.05, 0.1) is 10.6 Å². The van der Waals surface area contributed by atoms with Crippen LogP contribution in [0.2, 0.25) is 5.02 Å². The summed E-state index contributed by atoms with van der Waals surface area (Å²) in [6, 6.07) is 9.95. The molecule has 0 spiro atoms. The molecule has 0 aromatic heterocycles. The molecule has 1 atom stereocenters. The average Bonchev–Trinajstić information content (AvgIpc) is 2.86. The Bertz CT molecular complexity index is 957. The Morgan fingerprint density at radius 2 is 2.00 bits per heavy atom. The number of nitrogens with one attached hydrogen (secondary N) is 1. The summed E-state index contributed by atoms with van der Waals surface area (Å²) in [5, 5.41) is 0.500. The molecule has 1 aliphatic rings. The highest BCUT2D eigenvalue weighted by Crippen LogP contribution is 2.34. The van der Waals surface area contributed by atoms with E-state index in [0.29, 0.717) is 22.7 Å². The van der Waals surface area contributed by atoms with E-state index in [0.717, 1.165) is 11.3 Å². The van der Waals surface area contributed by atoms with Crippen LogP contribution in [0.3, 0.4) is 0 Å². The highest BCUT2D eigenvalue weighted by atomic mass is 35.5. The lowest BCUT2D eigenvalue weighted by molar-refractivity contribution is -0.116. The van der Waals surface area contributed by atoms with Gasteiger partial charge < -0.3 is 4.90 Å². The number of carbonyl (C=O) groups excluding carboxylic acids is 1. The SMILES string of the molecule is CC(=O)N1c2ccc(S(=O)(=O)Nc3cccc(Cl)c3C)cc2C[C@@H]1C. The molecule has 0 saturated heterocycles. The summed E-state index contributed by atoms with van der Waals surface area (Å²) in [6.45, 7) is 5.22. The van der Waals surface area contributed by atoms with Crippen molar-refractivity contribution in [2.75, 3.05) is 9.62 Å². The third-order valence-electron chi connectivity index (χ3n) is 4.43. The monoisotopic (exact) mass is 378 g/mol. The second kappa shape index (κ2) is 6.35. The minimum atomic E-state index is -3.74. The Labute approximate surface area is 152 Å². The van der Waals surface area contributed by atoms with E-state index in [1.807, 2.05) is 6.92 Å². The number of anilines is 2. The van der Waals surface area contributed by atoms with Crippen molar-refractivity contribution in [3.63, 3.8) is 0 Å². The molecule has 0 fully saturated rings. The number of fused-ring (bicyclic) bond motifs is 1. The van der Waals surface area contributed by atoms with Gasteiger partial charge in [0.15, 0.2) is 0 Å². The fourth-order valence-corrected chi connectivity index (χ4v) is 4.52. The third-order valence-corrected chi connectivity index (χ3v) is 6.20.